The molecule has 0 aliphatic carbocycles. The van der Waals surface area contributed by atoms with Crippen molar-refractivity contribution in [2.24, 2.45) is 5.73 Å². The first kappa shape index (κ1) is 13.1. The average molecular weight is 288 g/mol. The van der Waals surface area contributed by atoms with Gasteiger partial charge in [-0.2, -0.15) is 0 Å². The lowest BCUT2D eigenvalue weighted by atomic mass is 10.1. The normalized spacial score (nSPS) is 11.1. The zero-order valence-corrected chi connectivity index (χ0v) is 11.5. The number of pyridine rings is 1. The van der Waals surface area contributed by atoms with E-state index in [2.05, 4.69) is 10.2 Å². The lowest BCUT2D eigenvalue weighted by molar-refractivity contribution is 0.603. The van der Waals surface area contributed by atoms with Gasteiger partial charge >= 0.3 is 0 Å². The second-order valence-electron chi connectivity index (χ2n) is 4.27. The summed E-state index contributed by atoms with van der Waals surface area (Å²) < 4.78 is 15.7. The molecule has 0 atom stereocenters. The molecule has 3 aromatic rings. The van der Waals surface area contributed by atoms with Crippen LogP contribution in [0, 0.1) is 5.82 Å². The summed E-state index contributed by atoms with van der Waals surface area (Å²) in [6.07, 6.45) is 2.39. The van der Waals surface area contributed by atoms with Gasteiger partial charge in [-0.3, -0.25) is 4.40 Å². The molecule has 2 heterocycles. The van der Waals surface area contributed by atoms with Gasteiger partial charge < -0.3 is 5.73 Å². The van der Waals surface area contributed by atoms with Gasteiger partial charge in [0, 0.05) is 16.7 Å². The molecular formula is C14H13FN4S. The fourth-order valence-corrected chi connectivity index (χ4v) is 3.01. The standard InChI is InChI=1S/C14H13FN4S/c15-11-4-3-5-12(10(11)7-8-16)20-14-18-17-13-6-1-2-9-19(13)14/h1-6,9H,7-8,16H2. The quantitative estimate of drug-likeness (QED) is 0.801. The average Bonchev–Trinajstić information content (AvgIpc) is 2.86. The van der Waals surface area contributed by atoms with E-state index in [1.54, 1.807) is 6.07 Å². The Morgan fingerprint density at radius 2 is 2.05 bits per heavy atom. The largest absolute Gasteiger partial charge is 0.330 e. The van der Waals surface area contributed by atoms with Crippen LogP contribution in [0.3, 0.4) is 0 Å². The van der Waals surface area contributed by atoms with Gasteiger partial charge in [-0.25, -0.2) is 4.39 Å². The number of hydrogen-bond acceptors (Lipinski definition) is 4. The molecule has 0 aliphatic rings. The molecule has 0 bridgehead atoms. The first-order valence-corrected chi connectivity index (χ1v) is 7.06. The first-order valence-electron chi connectivity index (χ1n) is 6.24. The molecule has 6 heteroatoms. The van der Waals surface area contributed by atoms with Crippen LogP contribution in [-0.2, 0) is 6.42 Å². The number of halogens is 1. The molecule has 0 radical (unpaired) electrons. The summed E-state index contributed by atoms with van der Waals surface area (Å²) in [6, 6.07) is 10.7. The van der Waals surface area contributed by atoms with E-state index in [1.807, 2.05) is 34.9 Å². The third-order valence-corrected chi connectivity index (χ3v) is 4.02. The van der Waals surface area contributed by atoms with Crippen molar-refractivity contribution in [2.45, 2.75) is 16.5 Å². The Bertz CT molecular complexity index is 741. The molecule has 1 aromatic carbocycles. The zero-order valence-electron chi connectivity index (χ0n) is 10.7. The highest BCUT2D eigenvalue weighted by Crippen LogP contribution is 2.30. The van der Waals surface area contributed by atoms with Gasteiger partial charge in [0.05, 0.1) is 0 Å². The van der Waals surface area contributed by atoms with Crippen LogP contribution in [-0.4, -0.2) is 21.1 Å². The van der Waals surface area contributed by atoms with E-state index in [9.17, 15) is 4.39 Å². The molecule has 0 unspecified atom stereocenters. The van der Waals surface area contributed by atoms with Crippen molar-refractivity contribution in [1.29, 1.82) is 0 Å². The number of hydrogen-bond donors (Lipinski definition) is 1. The van der Waals surface area contributed by atoms with Gasteiger partial charge in [-0.15, -0.1) is 10.2 Å². The van der Waals surface area contributed by atoms with Crippen LogP contribution in [0.2, 0.25) is 0 Å². The van der Waals surface area contributed by atoms with Crippen LogP contribution in [0.4, 0.5) is 4.39 Å². The summed E-state index contributed by atoms with van der Waals surface area (Å²) in [5.74, 6) is -0.228. The van der Waals surface area contributed by atoms with Crippen LogP contribution in [0.15, 0.2) is 52.6 Å². The number of nitrogens with zero attached hydrogens (tertiary/aromatic N) is 3. The highest BCUT2D eigenvalue weighted by Gasteiger charge is 2.12. The predicted octanol–water partition coefficient (Wildman–Crippen LogP) is 2.52. The number of rotatable bonds is 4. The molecule has 0 fully saturated rings. The molecule has 2 N–H and O–H groups in total. The fourth-order valence-electron chi connectivity index (χ4n) is 2.01. The second kappa shape index (κ2) is 5.60. The molecule has 0 saturated carbocycles. The molecular weight excluding hydrogens is 275 g/mol. The van der Waals surface area contributed by atoms with Gasteiger partial charge in [0.2, 0.25) is 0 Å². The van der Waals surface area contributed by atoms with Crippen molar-refractivity contribution in [3.05, 3.63) is 54.0 Å². The van der Waals surface area contributed by atoms with E-state index >= 15 is 0 Å². The number of aromatic nitrogens is 3. The Kier molecular flexibility index (Phi) is 3.66. The SMILES string of the molecule is NCCc1c(F)cccc1Sc1nnc2ccccn12. The van der Waals surface area contributed by atoms with Crippen LogP contribution in [0.1, 0.15) is 5.56 Å². The first-order chi connectivity index (χ1) is 9.79. The number of benzene rings is 1. The van der Waals surface area contributed by atoms with E-state index < -0.39 is 0 Å². The summed E-state index contributed by atoms with van der Waals surface area (Å²) in [5.41, 5.74) is 6.96. The Hall–Kier alpha value is -1.92. The summed E-state index contributed by atoms with van der Waals surface area (Å²) in [5, 5.41) is 8.94. The van der Waals surface area contributed by atoms with Crippen molar-refractivity contribution in [3.63, 3.8) is 0 Å². The number of fused-ring (bicyclic) bond motifs is 1. The number of nitrogens with two attached hydrogens (primary N) is 1. The van der Waals surface area contributed by atoms with E-state index in [0.717, 1.165) is 10.5 Å². The van der Waals surface area contributed by atoms with Gasteiger partial charge in [0.1, 0.15) is 5.82 Å². The minimum atomic E-state index is -0.228. The van der Waals surface area contributed by atoms with E-state index in [-0.39, 0.29) is 5.82 Å². The molecule has 3 rings (SSSR count). The van der Waals surface area contributed by atoms with Crippen LogP contribution in [0.25, 0.3) is 5.65 Å². The maximum atomic E-state index is 13.9. The summed E-state index contributed by atoms with van der Waals surface area (Å²) >= 11 is 1.40. The lowest BCUT2D eigenvalue weighted by Gasteiger charge is -2.08. The molecule has 2 aromatic heterocycles. The van der Waals surface area contributed by atoms with Crippen LogP contribution in [0.5, 0.6) is 0 Å². The lowest BCUT2D eigenvalue weighted by Crippen LogP contribution is -2.05. The van der Waals surface area contributed by atoms with Crippen molar-refractivity contribution in [2.75, 3.05) is 6.54 Å². The Balaban J connectivity index is 2.01. The highest BCUT2D eigenvalue weighted by molar-refractivity contribution is 7.99. The fraction of sp³-hybridized carbons (Fsp3) is 0.143. The van der Waals surface area contributed by atoms with E-state index in [0.29, 0.717) is 23.7 Å². The second-order valence-corrected chi connectivity index (χ2v) is 5.28. The third kappa shape index (κ3) is 2.39. The van der Waals surface area contributed by atoms with Crippen molar-refractivity contribution in [1.82, 2.24) is 14.6 Å². The minimum Gasteiger partial charge on any atom is -0.330 e. The topological polar surface area (TPSA) is 56.2 Å². The Morgan fingerprint density at radius 1 is 1.15 bits per heavy atom. The third-order valence-electron chi connectivity index (χ3n) is 2.95. The van der Waals surface area contributed by atoms with Gasteiger partial charge in [0.15, 0.2) is 10.8 Å². The maximum absolute atomic E-state index is 13.9. The molecule has 20 heavy (non-hydrogen) atoms. The van der Waals surface area contributed by atoms with Crippen molar-refractivity contribution < 1.29 is 4.39 Å². The molecule has 0 amide bonds. The van der Waals surface area contributed by atoms with Crippen molar-refractivity contribution >= 4 is 17.4 Å². The minimum absolute atomic E-state index is 0.228. The van der Waals surface area contributed by atoms with Gasteiger partial charge in [0.25, 0.3) is 0 Å². The Labute approximate surface area is 119 Å². The smallest absolute Gasteiger partial charge is 0.200 e. The van der Waals surface area contributed by atoms with E-state index in [4.69, 9.17) is 5.73 Å². The van der Waals surface area contributed by atoms with E-state index in [1.165, 1.54) is 17.8 Å². The highest BCUT2D eigenvalue weighted by atomic mass is 32.2. The summed E-state index contributed by atoms with van der Waals surface area (Å²) in [7, 11) is 0. The predicted molar refractivity (Wildman–Crippen MR) is 76.3 cm³/mol. The van der Waals surface area contributed by atoms with Gasteiger partial charge in [-0.1, -0.05) is 12.1 Å². The molecule has 0 saturated heterocycles. The molecule has 0 aliphatic heterocycles. The van der Waals surface area contributed by atoms with Gasteiger partial charge in [-0.05, 0) is 49.0 Å². The van der Waals surface area contributed by atoms with Crippen LogP contribution < -0.4 is 5.73 Å². The summed E-state index contributed by atoms with van der Waals surface area (Å²) in [6.45, 7) is 0.412. The molecule has 102 valence electrons. The molecule has 4 nitrogen and oxygen atoms in total. The summed E-state index contributed by atoms with van der Waals surface area (Å²) in [4.78, 5) is 0.827. The van der Waals surface area contributed by atoms with Crippen LogP contribution >= 0.6 is 11.8 Å². The molecule has 0 spiro atoms. The Morgan fingerprint density at radius 3 is 2.90 bits per heavy atom. The zero-order chi connectivity index (χ0) is 13.9. The monoisotopic (exact) mass is 288 g/mol. The van der Waals surface area contributed by atoms with Crippen molar-refractivity contribution in [3.8, 4) is 0 Å². The maximum Gasteiger partial charge on any atom is 0.200 e.